The van der Waals surface area contributed by atoms with Crippen molar-refractivity contribution in [1.29, 1.82) is 0 Å². The van der Waals surface area contributed by atoms with Crippen molar-refractivity contribution in [3.63, 3.8) is 0 Å². The molecule has 8 heteroatoms. The first-order valence-electron chi connectivity index (χ1n) is 8.24. The Morgan fingerprint density at radius 2 is 1.79 bits per heavy atom. The fourth-order valence-electron chi connectivity index (χ4n) is 2.81. The minimum absolute atomic E-state index is 0.122. The highest BCUT2D eigenvalue weighted by atomic mass is 79.9. The summed E-state index contributed by atoms with van der Waals surface area (Å²) >= 11 is 15.5. The van der Waals surface area contributed by atoms with Gasteiger partial charge in [-0.25, -0.2) is 5.43 Å². The number of amides is 1. The zero-order chi connectivity index (χ0) is 20.4. The van der Waals surface area contributed by atoms with Crippen LogP contribution in [0.2, 0.25) is 10.0 Å². The summed E-state index contributed by atoms with van der Waals surface area (Å²) in [6, 6.07) is 12.4. The predicted molar refractivity (Wildman–Crippen MR) is 116 cm³/mol. The van der Waals surface area contributed by atoms with Crippen LogP contribution in [0.3, 0.4) is 0 Å². The zero-order valence-corrected chi connectivity index (χ0v) is 18.1. The summed E-state index contributed by atoms with van der Waals surface area (Å²) in [6.45, 7) is 4.00. The van der Waals surface area contributed by atoms with E-state index >= 15 is 0 Å². The van der Waals surface area contributed by atoms with Crippen LogP contribution in [0.4, 0.5) is 0 Å². The lowest BCUT2D eigenvalue weighted by Crippen LogP contribution is -2.18. The average Bonchev–Trinajstić information content (AvgIpc) is 2.97. The number of carbonyl (C=O) groups excluding carboxylic acids is 1. The summed E-state index contributed by atoms with van der Waals surface area (Å²) < 4.78 is 2.73. The minimum atomic E-state index is -0.464. The first-order valence-corrected chi connectivity index (χ1v) is 9.79. The van der Waals surface area contributed by atoms with Crippen LogP contribution in [0, 0.1) is 13.8 Å². The Hall–Kier alpha value is -2.28. The molecule has 5 nitrogen and oxygen atoms in total. The van der Waals surface area contributed by atoms with Crippen molar-refractivity contribution in [3.8, 4) is 11.4 Å². The second-order valence-electron chi connectivity index (χ2n) is 6.14. The number of phenolic OH excluding ortho intramolecular Hbond substituents is 1. The van der Waals surface area contributed by atoms with Gasteiger partial charge in [-0.05, 0) is 56.3 Å². The summed E-state index contributed by atoms with van der Waals surface area (Å²) in [4.78, 5) is 12.4. The van der Waals surface area contributed by atoms with Crippen LogP contribution in [-0.2, 0) is 0 Å². The molecule has 0 radical (unpaired) electrons. The monoisotopic (exact) mass is 479 g/mol. The van der Waals surface area contributed by atoms with Crippen molar-refractivity contribution in [2.75, 3.05) is 0 Å². The van der Waals surface area contributed by atoms with Crippen LogP contribution in [-0.4, -0.2) is 21.8 Å². The van der Waals surface area contributed by atoms with E-state index in [0.717, 1.165) is 17.1 Å². The highest BCUT2D eigenvalue weighted by Crippen LogP contribution is 2.30. The maximum Gasteiger partial charge on any atom is 0.272 e. The number of halogens is 3. The largest absolute Gasteiger partial charge is 0.506 e. The quantitative estimate of drug-likeness (QED) is 0.375. The Kier molecular flexibility index (Phi) is 6.13. The lowest BCUT2D eigenvalue weighted by molar-refractivity contribution is 0.0955. The van der Waals surface area contributed by atoms with E-state index in [-0.39, 0.29) is 10.8 Å². The molecule has 0 atom stereocenters. The summed E-state index contributed by atoms with van der Waals surface area (Å²) in [5.74, 6) is -0.586. The summed E-state index contributed by atoms with van der Waals surface area (Å²) in [5, 5.41) is 14.3. The number of carbonyl (C=O) groups is 1. The van der Waals surface area contributed by atoms with Crippen molar-refractivity contribution >= 4 is 51.3 Å². The molecule has 0 aliphatic heterocycles. The Morgan fingerprint density at radius 3 is 2.43 bits per heavy atom. The molecule has 2 aromatic carbocycles. The van der Waals surface area contributed by atoms with E-state index in [1.807, 2.05) is 36.6 Å². The third-order valence-corrected chi connectivity index (χ3v) is 5.21. The van der Waals surface area contributed by atoms with Crippen molar-refractivity contribution < 1.29 is 9.90 Å². The molecule has 0 aliphatic carbocycles. The molecule has 0 aliphatic rings. The maximum atomic E-state index is 12.4. The number of aromatic hydroxyl groups is 1. The van der Waals surface area contributed by atoms with Gasteiger partial charge >= 0.3 is 0 Å². The van der Waals surface area contributed by atoms with Crippen LogP contribution < -0.4 is 5.43 Å². The maximum absolute atomic E-state index is 12.4. The molecule has 0 bridgehead atoms. The molecular formula is C20H16BrCl2N3O2. The molecular weight excluding hydrogens is 465 g/mol. The SMILES string of the molecule is Cc1ccc(C)n1-c1ccc(C(=O)N/N=C\c2cc(Br)cc(Cl)c2O)c(Cl)c1. The van der Waals surface area contributed by atoms with Gasteiger partial charge in [0.25, 0.3) is 5.91 Å². The average molecular weight is 481 g/mol. The van der Waals surface area contributed by atoms with Gasteiger partial charge in [0.05, 0.1) is 21.8 Å². The standard InChI is InChI=1S/C20H16BrCl2N3O2/c1-11-3-4-12(2)26(11)15-5-6-16(17(22)9-15)20(28)25-24-10-13-7-14(21)8-18(23)19(13)27/h3-10,27H,1-2H3,(H,25,28)/b24-10-. The number of phenols is 1. The van der Waals surface area contributed by atoms with Crippen molar-refractivity contribution in [1.82, 2.24) is 9.99 Å². The first kappa shape index (κ1) is 20.5. The van der Waals surface area contributed by atoms with Crippen LogP contribution in [0.15, 0.2) is 52.0 Å². The Morgan fingerprint density at radius 1 is 1.11 bits per heavy atom. The van der Waals surface area contributed by atoms with Gasteiger partial charge in [0.2, 0.25) is 0 Å². The second kappa shape index (κ2) is 8.39. The van der Waals surface area contributed by atoms with Gasteiger partial charge in [-0.1, -0.05) is 39.1 Å². The molecule has 0 saturated heterocycles. The van der Waals surface area contributed by atoms with E-state index in [0.29, 0.717) is 20.6 Å². The van der Waals surface area contributed by atoms with Crippen LogP contribution in [0.25, 0.3) is 5.69 Å². The lowest BCUT2D eigenvalue weighted by Gasteiger charge is -2.11. The molecule has 2 N–H and O–H groups in total. The van der Waals surface area contributed by atoms with Crippen molar-refractivity contribution in [2.24, 2.45) is 5.10 Å². The number of nitrogens with zero attached hydrogens (tertiary/aromatic N) is 2. The molecule has 1 aromatic heterocycles. The Balaban J connectivity index is 1.78. The second-order valence-corrected chi connectivity index (χ2v) is 7.87. The van der Waals surface area contributed by atoms with Gasteiger partial charge in [0.1, 0.15) is 5.75 Å². The van der Waals surface area contributed by atoms with E-state index in [1.54, 1.807) is 24.3 Å². The number of nitrogens with one attached hydrogen (secondary N) is 1. The molecule has 0 unspecified atom stereocenters. The molecule has 0 fully saturated rings. The molecule has 3 rings (SSSR count). The van der Waals surface area contributed by atoms with E-state index < -0.39 is 5.91 Å². The third kappa shape index (κ3) is 4.24. The number of benzene rings is 2. The molecule has 28 heavy (non-hydrogen) atoms. The normalized spacial score (nSPS) is 11.2. The highest BCUT2D eigenvalue weighted by molar-refractivity contribution is 9.10. The van der Waals surface area contributed by atoms with Gasteiger partial charge in [-0.2, -0.15) is 5.10 Å². The van der Waals surface area contributed by atoms with Gasteiger partial charge < -0.3 is 9.67 Å². The van der Waals surface area contributed by atoms with E-state index in [4.69, 9.17) is 23.2 Å². The highest BCUT2D eigenvalue weighted by Gasteiger charge is 2.13. The van der Waals surface area contributed by atoms with Crippen LogP contribution >= 0.6 is 39.1 Å². The van der Waals surface area contributed by atoms with Gasteiger partial charge in [0, 0.05) is 27.1 Å². The smallest absolute Gasteiger partial charge is 0.272 e. The molecule has 1 heterocycles. The fraction of sp³-hybridized carbons (Fsp3) is 0.100. The number of hydrazone groups is 1. The molecule has 1 amide bonds. The van der Waals surface area contributed by atoms with Crippen LogP contribution in [0.5, 0.6) is 5.75 Å². The Labute approximate surface area is 180 Å². The number of aryl methyl sites for hydroxylation is 2. The van der Waals surface area contributed by atoms with E-state index in [9.17, 15) is 9.90 Å². The third-order valence-electron chi connectivity index (χ3n) is 4.15. The molecule has 0 spiro atoms. The predicted octanol–water partition coefficient (Wildman–Crippen LogP) is 5.63. The molecule has 144 valence electrons. The number of hydrogen-bond acceptors (Lipinski definition) is 3. The molecule has 0 saturated carbocycles. The summed E-state index contributed by atoms with van der Waals surface area (Å²) in [7, 11) is 0. The van der Waals surface area contributed by atoms with Gasteiger partial charge in [-0.3, -0.25) is 4.79 Å². The summed E-state index contributed by atoms with van der Waals surface area (Å²) in [5.41, 5.74) is 6.07. The number of aromatic nitrogens is 1. The van der Waals surface area contributed by atoms with E-state index in [1.165, 1.54) is 6.21 Å². The van der Waals surface area contributed by atoms with Crippen molar-refractivity contribution in [3.05, 3.63) is 79.5 Å². The van der Waals surface area contributed by atoms with Crippen molar-refractivity contribution in [2.45, 2.75) is 13.8 Å². The van der Waals surface area contributed by atoms with Crippen LogP contribution in [0.1, 0.15) is 27.3 Å². The first-order chi connectivity index (χ1) is 13.3. The lowest BCUT2D eigenvalue weighted by atomic mass is 10.2. The number of rotatable bonds is 4. The summed E-state index contributed by atoms with van der Waals surface area (Å²) in [6.07, 6.45) is 1.30. The topological polar surface area (TPSA) is 66.6 Å². The number of hydrogen-bond donors (Lipinski definition) is 2. The Bertz CT molecular complexity index is 1070. The fourth-order valence-corrected chi connectivity index (χ4v) is 3.90. The van der Waals surface area contributed by atoms with E-state index in [2.05, 4.69) is 26.5 Å². The zero-order valence-electron chi connectivity index (χ0n) is 15.0. The van der Waals surface area contributed by atoms with Gasteiger partial charge in [-0.15, -0.1) is 0 Å². The van der Waals surface area contributed by atoms with Gasteiger partial charge in [0.15, 0.2) is 0 Å². The molecule has 3 aromatic rings. The minimum Gasteiger partial charge on any atom is -0.506 e.